The van der Waals surface area contributed by atoms with Gasteiger partial charge in [-0.25, -0.2) is 5.43 Å². The lowest BCUT2D eigenvalue weighted by Crippen LogP contribution is -2.41. The molecule has 0 bridgehead atoms. The first-order chi connectivity index (χ1) is 12.7. The minimum absolute atomic E-state index is 0.494. The van der Waals surface area contributed by atoms with Crippen LogP contribution in [0.4, 0.5) is 5.69 Å². The second kappa shape index (κ2) is 9.33. The number of benzene rings is 1. The van der Waals surface area contributed by atoms with Crippen LogP contribution in [-0.2, 0) is 14.3 Å². The van der Waals surface area contributed by atoms with Crippen molar-refractivity contribution in [3.8, 4) is 0 Å². The molecule has 0 saturated carbocycles. The van der Waals surface area contributed by atoms with E-state index in [0.717, 1.165) is 63.2 Å². The molecule has 3 rings (SSSR count). The average Bonchev–Trinajstić information content (AvgIpc) is 2.98. The molecule has 0 spiro atoms. The molecule has 2 aliphatic heterocycles. The number of anilines is 1. The molecule has 2 aliphatic rings. The van der Waals surface area contributed by atoms with Gasteiger partial charge < -0.3 is 14.5 Å². The summed E-state index contributed by atoms with van der Waals surface area (Å²) in [7, 11) is 0. The third kappa shape index (κ3) is 5.05. The third-order valence-corrected chi connectivity index (χ3v) is 4.74. The summed E-state index contributed by atoms with van der Waals surface area (Å²) in [6, 6.07) is 7.93. The summed E-state index contributed by atoms with van der Waals surface area (Å²) in [6.07, 6.45) is 5.69. The standard InChI is InChI=1S/C19H26N4O3/c24-18(19(25)23-9-3-1-2-4-10-23)21-20-15-16-5-7-17(8-6-16)22-11-13-26-14-12-22/h5-8,15H,1-4,9-14H2,(H,21,24). The van der Waals surface area contributed by atoms with Crippen LogP contribution in [0, 0.1) is 0 Å². The van der Waals surface area contributed by atoms with Gasteiger partial charge in [0.1, 0.15) is 0 Å². The van der Waals surface area contributed by atoms with Gasteiger partial charge in [0.05, 0.1) is 19.4 Å². The van der Waals surface area contributed by atoms with E-state index < -0.39 is 11.8 Å². The number of morpholine rings is 1. The number of nitrogens with one attached hydrogen (secondary N) is 1. The number of hydrogen-bond donors (Lipinski definition) is 1. The van der Waals surface area contributed by atoms with E-state index >= 15 is 0 Å². The number of rotatable bonds is 3. The highest BCUT2D eigenvalue weighted by Crippen LogP contribution is 2.16. The summed E-state index contributed by atoms with van der Waals surface area (Å²) in [5, 5.41) is 3.92. The van der Waals surface area contributed by atoms with Gasteiger partial charge in [0, 0.05) is 31.9 Å². The first-order valence-electron chi connectivity index (χ1n) is 9.29. The molecule has 2 fully saturated rings. The van der Waals surface area contributed by atoms with Crippen LogP contribution in [0.5, 0.6) is 0 Å². The minimum Gasteiger partial charge on any atom is -0.378 e. The van der Waals surface area contributed by atoms with E-state index in [1.165, 1.54) is 0 Å². The average molecular weight is 358 g/mol. The Bertz CT molecular complexity index is 631. The first-order valence-corrected chi connectivity index (χ1v) is 9.29. The van der Waals surface area contributed by atoms with E-state index in [2.05, 4.69) is 15.4 Å². The molecular formula is C19H26N4O3. The monoisotopic (exact) mass is 358 g/mol. The summed E-state index contributed by atoms with van der Waals surface area (Å²) in [5.41, 5.74) is 4.35. The number of nitrogens with zero attached hydrogens (tertiary/aromatic N) is 3. The third-order valence-electron chi connectivity index (χ3n) is 4.74. The lowest BCUT2D eigenvalue weighted by molar-refractivity contribution is -0.145. The quantitative estimate of drug-likeness (QED) is 0.503. The number of carbonyl (C=O) groups excluding carboxylic acids is 2. The van der Waals surface area contributed by atoms with Gasteiger partial charge in [0.25, 0.3) is 0 Å². The second-order valence-electron chi connectivity index (χ2n) is 6.60. The predicted molar refractivity (Wildman–Crippen MR) is 100 cm³/mol. The molecule has 0 aliphatic carbocycles. The van der Waals surface area contributed by atoms with Crippen molar-refractivity contribution in [1.82, 2.24) is 10.3 Å². The highest BCUT2D eigenvalue weighted by molar-refractivity contribution is 6.35. The molecule has 1 aromatic rings. The summed E-state index contributed by atoms with van der Waals surface area (Å²) in [4.78, 5) is 28.0. The normalized spacial score (nSPS) is 18.6. The van der Waals surface area contributed by atoms with Gasteiger partial charge in [-0.3, -0.25) is 9.59 Å². The Balaban J connectivity index is 1.49. The molecule has 7 nitrogen and oxygen atoms in total. The van der Waals surface area contributed by atoms with Crippen LogP contribution in [0.2, 0.25) is 0 Å². The lowest BCUT2D eigenvalue weighted by atomic mass is 10.2. The fraction of sp³-hybridized carbons (Fsp3) is 0.526. The molecule has 1 N–H and O–H groups in total. The number of hydrazone groups is 1. The maximum Gasteiger partial charge on any atom is 0.329 e. The zero-order valence-electron chi connectivity index (χ0n) is 15.0. The van der Waals surface area contributed by atoms with Crippen LogP contribution in [0.15, 0.2) is 29.4 Å². The Morgan fingerprint density at radius 1 is 0.962 bits per heavy atom. The van der Waals surface area contributed by atoms with Crippen molar-refractivity contribution in [3.05, 3.63) is 29.8 Å². The smallest absolute Gasteiger partial charge is 0.329 e. The van der Waals surface area contributed by atoms with Crippen LogP contribution in [0.3, 0.4) is 0 Å². The molecule has 0 aromatic heterocycles. The van der Waals surface area contributed by atoms with Gasteiger partial charge in [0.2, 0.25) is 0 Å². The largest absolute Gasteiger partial charge is 0.378 e. The van der Waals surface area contributed by atoms with Crippen molar-refractivity contribution < 1.29 is 14.3 Å². The van der Waals surface area contributed by atoms with Gasteiger partial charge >= 0.3 is 11.8 Å². The summed E-state index contributed by atoms with van der Waals surface area (Å²) in [5.74, 6) is -1.17. The van der Waals surface area contributed by atoms with Crippen molar-refractivity contribution in [2.24, 2.45) is 5.10 Å². The highest BCUT2D eigenvalue weighted by atomic mass is 16.5. The van der Waals surface area contributed by atoms with E-state index in [1.54, 1.807) is 11.1 Å². The van der Waals surface area contributed by atoms with Crippen molar-refractivity contribution in [1.29, 1.82) is 0 Å². The fourth-order valence-electron chi connectivity index (χ4n) is 3.22. The highest BCUT2D eigenvalue weighted by Gasteiger charge is 2.22. The predicted octanol–water partition coefficient (Wildman–Crippen LogP) is 1.38. The van der Waals surface area contributed by atoms with E-state index in [-0.39, 0.29) is 0 Å². The van der Waals surface area contributed by atoms with E-state index in [9.17, 15) is 9.59 Å². The van der Waals surface area contributed by atoms with Gasteiger partial charge in [-0.1, -0.05) is 25.0 Å². The second-order valence-corrected chi connectivity index (χ2v) is 6.60. The molecule has 1 aromatic carbocycles. The molecule has 0 radical (unpaired) electrons. The van der Waals surface area contributed by atoms with E-state index in [1.807, 2.05) is 24.3 Å². The maximum atomic E-state index is 12.1. The molecule has 7 heteroatoms. The Labute approximate surface area is 154 Å². The summed E-state index contributed by atoms with van der Waals surface area (Å²) in [6.45, 7) is 4.59. The van der Waals surface area contributed by atoms with Gasteiger partial charge in [-0.15, -0.1) is 0 Å². The number of ether oxygens (including phenoxy) is 1. The number of amides is 2. The Hall–Kier alpha value is -2.41. The Morgan fingerprint density at radius 3 is 2.27 bits per heavy atom. The van der Waals surface area contributed by atoms with Crippen LogP contribution >= 0.6 is 0 Å². The number of carbonyl (C=O) groups is 2. The molecule has 26 heavy (non-hydrogen) atoms. The van der Waals surface area contributed by atoms with E-state index in [0.29, 0.717) is 13.1 Å². The van der Waals surface area contributed by atoms with Crippen LogP contribution < -0.4 is 10.3 Å². The Kier molecular flexibility index (Phi) is 6.60. The summed E-state index contributed by atoms with van der Waals surface area (Å²) >= 11 is 0. The van der Waals surface area contributed by atoms with Crippen LogP contribution in [-0.4, -0.2) is 62.3 Å². The SMILES string of the molecule is O=C(NN=Cc1ccc(N2CCOCC2)cc1)C(=O)N1CCCCCC1. The van der Waals surface area contributed by atoms with Gasteiger partial charge in [-0.2, -0.15) is 5.10 Å². The van der Waals surface area contributed by atoms with Crippen LogP contribution in [0.25, 0.3) is 0 Å². The minimum atomic E-state index is -0.673. The number of hydrogen-bond acceptors (Lipinski definition) is 5. The molecule has 2 saturated heterocycles. The molecule has 2 amide bonds. The Morgan fingerprint density at radius 2 is 1.62 bits per heavy atom. The molecule has 0 unspecified atom stereocenters. The molecule has 0 atom stereocenters. The zero-order chi connectivity index (χ0) is 18.2. The summed E-state index contributed by atoms with van der Waals surface area (Å²) < 4.78 is 5.36. The molecular weight excluding hydrogens is 332 g/mol. The van der Waals surface area contributed by atoms with Gasteiger partial charge in [0.15, 0.2) is 0 Å². The first kappa shape index (κ1) is 18.4. The van der Waals surface area contributed by atoms with E-state index in [4.69, 9.17) is 4.74 Å². The topological polar surface area (TPSA) is 74.2 Å². The zero-order valence-corrected chi connectivity index (χ0v) is 15.0. The van der Waals surface area contributed by atoms with Crippen LogP contribution in [0.1, 0.15) is 31.2 Å². The van der Waals surface area contributed by atoms with Crippen molar-refractivity contribution in [3.63, 3.8) is 0 Å². The maximum absolute atomic E-state index is 12.1. The lowest BCUT2D eigenvalue weighted by Gasteiger charge is -2.28. The molecule has 2 heterocycles. The van der Waals surface area contributed by atoms with Crippen molar-refractivity contribution >= 4 is 23.7 Å². The number of likely N-dealkylation sites (tertiary alicyclic amines) is 1. The van der Waals surface area contributed by atoms with Gasteiger partial charge in [-0.05, 0) is 30.5 Å². The van der Waals surface area contributed by atoms with Crippen molar-refractivity contribution in [2.45, 2.75) is 25.7 Å². The molecule has 140 valence electrons. The fourth-order valence-corrected chi connectivity index (χ4v) is 3.22. The van der Waals surface area contributed by atoms with Crippen molar-refractivity contribution in [2.75, 3.05) is 44.3 Å².